The molecule has 1 N–H and O–H groups in total. The highest BCUT2D eigenvalue weighted by Gasteiger charge is 2.52. The number of carbonyl (C=O) groups is 1. The third-order valence-corrected chi connectivity index (χ3v) is 5.59. The average Bonchev–Trinajstić information content (AvgIpc) is 2.63. The predicted molar refractivity (Wildman–Crippen MR) is 107 cm³/mol. The van der Waals surface area contributed by atoms with Gasteiger partial charge in [0.2, 0.25) is 0 Å². The van der Waals surface area contributed by atoms with Gasteiger partial charge in [0.1, 0.15) is 12.2 Å². The molecule has 0 bridgehead atoms. The Labute approximate surface area is 185 Å². The summed E-state index contributed by atoms with van der Waals surface area (Å²) in [6, 6.07) is 7.35. The first-order chi connectivity index (χ1) is 14.6. The molecular weight excluding hydrogens is 496 g/mol. The number of aliphatic hydroxyl groups excluding tert-OH is 1. The van der Waals surface area contributed by atoms with E-state index in [9.17, 15) is 35.2 Å². The van der Waals surface area contributed by atoms with Crippen LogP contribution in [0, 0.1) is 0 Å². The molecule has 0 unspecified atom stereocenters. The number of rotatable bonds is 9. The van der Waals surface area contributed by atoms with E-state index < -0.39 is 73.6 Å². The van der Waals surface area contributed by atoms with Gasteiger partial charge in [0.25, 0.3) is 30.4 Å². The fraction of sp³-hybridized carbons (Fsp3) is 0.562. The summed E-state index contributed by atoms with van der Waals surface area (Å²) in [5, 5.41) is 10.3. The van der Waals surface area contributed by atoms with E-state index in [1.807, 2.05) is 0 Å². The molecule has 1 aromatic rings. The number of carbonyl (C=O) groups excluding carboxylic acids is 1. The van der Waals surface area contributed by atoms with Gasteiger partial charge in [-0.05, 0) is 12.1 Å². The van der Waals surface area contributed by atoms with Crippen molar-refractivity contribution in [3.8, 4) is 0 Å². The molecule has 1 aromatic carbocycles. The SMILES string of the molecule is CS(=O)(=O)OC[C@@H]1O[C@H](O)[C@H](OS(C)(=O)=O)[C@H](OC(=O)c2ccccc2)[C@@H]1OS(C)(=O)=O. The van der Waals surface area contributed by atoms with Gasteiger partial charge in [0.05, 0.1) is 30.9 Å². The molecular formula is C16H22O13S3. The standard InChI is InChI=1S/C16H22O13S3/c1-30(19,20)25-9-11-12(28-31(2,21)22)13(14(16(18)26-11)29-32(3,23)24)27-15(17)10-7-5-4-6-8-10/h4-8,11-14,16,18H,9H2,1-3H3/t11-,12+,13+,14+,16-/m0/s1. The first-order valence-electron chi connectivity index (χ1n) is 8.76. The van der Waals surface area contributed by atoms with E-state index >= 15 is 0 Å². The Kier molecular flexibility index (Phi) is 8.38. The van der Waals surface area contributed by atoms with Gasteiger partial charge in [0.15, 0.2) is 18.5 Å². The van der Waals surface area contributed by atoms with Crippen LogP contribution in [0.5, 0.6) is 0 Å². The van der Waals surface area contributed by atoms with Crippen molar-refractivity contribution in [2.24, 2.45) is 0 Å². The van der Waals surface area contributed by atoms with Crippen LogP contribution in [-0.4, -0.2) is 92.4 Å². The Morgan fingerprint density at radius 1 is 0.875 bits per heavy atom. The Morgan fingerprint density at radius 3 is 1.91 bits per heavy atom. The molecule has 0 aliphatic carbocycles. The first-order valence-corrected chi connectivity index (χ1v) is 14.2. The van der Waals surface area contributed by atoms with Crippen LogP contribution >= 0.6 is 0 Å². The molecule has 13 nitrogen and oxygen atoms in total. The lowest BCUT2D eigenvalue weighted by Gasteiger charge is -2.42. The fourth-order valence-corrected chi connectivity index (χ4v) is 4.37. The van der Waals surface area contributed by atoms with Crippen molar-refractivity contribution < 1.29 is 57.2 Å². The summed E-state index contributed by atoms with van der Waals surface area (Å²) in [6.45, 7) is -0.846. The van der Waals surface area contributed by atoms with Gasteiger partial charge in [-0.2, -0.15) is 25.3 Å². The molecule has 32 heavy (non-hydrogen) atoms. The largest absolute Gasteiger partial charge is 0.453 e. The van der Waals surface area contributed by atoms with E-state index in [1.165, 1.54) is 24.3 Å². The van der Waals surface area contributed by atoms with Crippen molar-refractivity contribution in [2.45, 2.75) is 30.7 Å². The average molecular weight is 519 g/mol. The summed E-state index contributed by atoms with van der Waals surface area (Å²) >= 11 is 0. The Hall–Kier alpha value is -1.66. The predicted octanol–water partition coefficient (Wildman–Crippen LogP) is -1.40. The molecule has 0 spiro atoms. The molecule has 182 valence electrons. The van der Waals surface area contributed by atoms with Crippen molar-refractivity contribution in [3.63, 3.8) is 0 Å². The van der Waals surface area contributed by atoms with Crippen molar-refractivity contribution in [1.82, 2.24) is 0 Å². The lowest BCUT2D eigenvalue weighted by Crippen LogP contribution is -2.62. The van der Waals surface area contributed by atoms with Gasteiger partial charge in [-0.25, -0.2) is 4.79 Å². The maximum atomic E-state index is 12.6. The van der Waals surface area contributed by atoms with E-state index in [2.05, 4.69) is 4.18 Å². The monoisotopic (exact) mass is 518 g/mol. The van der Waals surface area contributed by atoms with E-state index in [0.717, 1.165) is 0 Å². The van der Waals surface area contributed by atoms with Crippen LogP contribution < -0.4 is 0 Å². The maximum absolute atomic E-state index is 12.6. The summed E-state index contributed by atoms with van der Waals surface area (Å²) in [5.41, 5.74) is 0.00799. The van der Waals surface area contributed by atoms with Gasteiger partial charge < -0.3 is 14.6 Å². The summed E-state index contributed by atoms with van der Waals surface area (Å²) < 4.78 is 94.4. The smallest absolute Gasteiger partial charge is 0.338 e. The van der Waals surface area contributed by atoms with Crippen LogP contribution in [0.1, 0.15) is 10.4 Å². The number of aliphatic hydroxyl groups is 1. The molecule has 16 heteroatoms. The number of esters is 1. The quantitative estimate of drug-likeness (QED) is 0.297. The third kappa shape index (κ3) is 8.36. The molecule has 5 atom stereocenters. The van der Waals surface area contributed by atoms with Crippen molar-refractivity contribution in [3.05, 3.63) is 35.9 Å². The third-order valence-electron chi connectivity index (χ3n) is 3.88. The van der Waals surface area contributed by atoms with E-state index in [4.69, 9.17) is 17.8 Å². The van der Waals surface area contributed by atoms with Gasteiger partial charge >= 0.3 is 5.97 Å². The highest BCUT2D eigenvalue weighted by Crippen LogP contribution is 2.30. The second-order valence-corrected chi connectivity index (χ2v) is 11.7. The van der Waals surface area contributed by atoms with Crippen LogP contribution in [0.4, 0.5) is 0 Å². The van der Waals surface area contributed by atoms with Gasteiger partial charge in [-0.3, -0.25) is 12.5 Å². The second-order valence-electron chi connectivity index (χ2n) is 6.82. The summed E-state index contributed by atoms with van der Waals surface area (Å²) in [7, 11) is -12.6. The van der Waals surface area contributed by atoms with Crippen LogP contribution in [0.2, 0.25) is 0 Å². The van der Waals surface area contributed by atoms with Crippen LogP contribution in [0.3, 0.4) is 0 Å². The Balaban J connectivity index is 2.48. The van der Waals surface area contributed by atoms with E-state index in [-0.39, 0.29) is 5.56 Å². The Morgan fingerprint density at radius 2 is 1.41 bits per heavy atom. The number of benzene rings is 1. The molecule has 0 aromatic heterocycles. The van der Waals surface area contributed by atoms with Crippen LogP contribution in [0.25, 0.3) is 0 Å². The van der Waals surface area contributed by atoms with Gasteiger partial charge in [-0.1, -0.05) is 18.2 Å². The maximum Gasteiger partial charge on any atom is 0.338 e. The normalized spacial score (nSPS) is 27.1. The van der Waals surface area contributed by atoms with E-state index in [0.29, 0.717) is 18.8 Å². The second kappa shape index (κ2) is 10.1. The summed E-state index contributed by atoms with van der Waals surface area (Å²) in [4.78, 5) is 12.6. The molecule has 1 heterocycles. The zero-order valence-electron chi connectivity index (χ0n) is 17.1. The lowest BCUT2D eigenvalue weighted by atomic mass is 9.99. The van der Waals surface area contributed by atoms with Crippen LogP contribution in [-0.2, 0) is 52.4 Å². The van der Waals surface area contributed by atoms with Crippen molar-refractivity contribution >= 4 is 36.3 Å². The first kappa shape index (κ1) is 26.6. The van der Waals surface area contributed by atoms with Crippen molar-refractivity contribution in [1.29, 1.82) is 0 Å². The Bertz CT molecular complexity index is 1110. The highest BCUT2D eigenvalue weighted by molar-refractivity contribution is 7.86. The molecule has 2 rings (SSSR count). The molecule has 0 radical (unpaired) electrons. The summed E-state index contributed by atoms with van der Waals surface area (Å²) in [6.07, 6.45) is -7.37. The topological polar surface area (TPSA) is 186 Å². The zero-order valence-corrected chi connectivity index (χ0v) is 19.5. The molecule has 0 saturated carbocycles. The van der Waals surface area contributed by atoms with Crippen molar-refractivity contribution in [2.75, 3.05) is 25.4 Å². The molecule has 0 amide bonds. The zero-order chi connectivity index (χ0) is 24.3. The number of ether oxygens (including phenoxy) is 2. The lowest BCUT2D eigenvalue weighted by molar-refractivity contribution is -0.272. The summed E-state index contributed by atoms with van der Waals surface area (Å²) in [5.74, 6) is -1.03. The van der Waals surface area contributed by atoms with Gasteiger partial charge in [0, 0.05) is 0 Å². The fourth-order valence-electron chi connectivity index (χ4n) is 2.74. The molecule has 1 saturated heterocycles. The number of hydrogen-bond acceptors (Lipinski definition) is 13. The number of hydrogen-bond donors (Lipinski definition) is 1. The minimum atomic E-state index is -4.29. The van der Waals surface area contributed by atoms with Gasteiger partial charge in [-0.15, -0.1) is 0 Å². The highest BCUT2D eigenvalue weighted by atomic mass is 32.2. The minimum absolute atomic E-state index is 0.00799. The van der Waals surface area contributed by atoms with Crippen LogP contribution in [0.15, 0.2) is 30.3 Å². The minimum Gasteiger partial charge on any atom is -0.453 e. The van der Waals surface area contributed by atoms with E-state index in [1.54, 1.807) is 6.07 Å². The molecule has 1 aliphatic heterocycles. The molecule has 1 fully saturated rings. The molecule has 1 aliphatic rings.